The molecule has 1 aliphatic rings. The van der Waals surface area contributed by atoms with Crippen molar-refractivity contribution in [2.75, 3.05) is 0 Å². The maximum absolute atomic E-state index is 11.3. The van der Waals surface area contributed by atoms with Gasteiger partial charge in [-0.3, -0.25) is 4.79 Å². The highest BCUT2D eigenvalue weighted by Crippen LogP contribution is 2.23. The largest absolute Gasteiger partial charge is 0.858 e. The maximum Gasteiger partial charge on any atom is 0.277 e. The first-order chi connectivity index (χ1) is 7.25. The number of fused-ring (bicyclic) bond motifs is 2. The Morgan fingerprint density at radius 1 is 1.00 bits per heavy atom. The summed E-state index contributed by atoms with van der Waals surface area (Å²) >= 11 is 0. The molecule has 0 bridgehead atoms. The highest BCUT2D eigenvalue weighted by atomic mass is 16.3. The van der Waals surface area contributed by atoms with Crippen molar-refractivity contribution in [2.45, 2.75) is 0 Å². The van der Waals surface area contributed by atoms with Gasteiger partial charge in [0.05, 0.1) is 5.56 Å². The number of carbonyl (C=O) groups excluding carboxylic acids is 1. The zero-order valence-electron chi connectivity index (χ0n) is 7.73. The summed E-state index contributed by atoms with van der Waals surface area (Å²) in [6, 6.07) is 11.1. The average Bonchev–Trinajstić information content (AvgIpc) is 2.52. The van der Waals surface area contributed by atoms with Crippen molar-refractivity contribution in [1.82, 2.24) is 0 Å². The molecule has 0 atom stereocenters. The lowest BCUT2D eigenvalue weighted by molar-refractivity contribution is -0.212. The average molecular weight is 196 g/mol. The van der Waals surface area contributed by atoms with E-state index in [1.807, 2.05) is 24.3 Å². The molecular formula is C12H6NO2-. The zero-order valence-corrected chi connectivity index (χ0v) is 7.73. The summed E-state index contributed by atoms with van der Waals surface area (Å²) < 4.78 is 0. The second-order valence-corrected chi connectivity index (χ2v) is 3.47. The minimum atomic E-state index is -0.430. The van der Waals surface area contributed by atoms with E-state index in [4.69, 9.17) is 0 Å². The fraction of sp³-hybridized carbons (Fsp3) is 0. The molecule has 0 N–H and O–H groups in total. The highest BCUT2D eigenvalue weighted by Gasteiger charge is 2.17. The molecule has 0 aliphatic carbocycles. The molecule has 0 aromatic heterocycles. The van der Waals surface area contributed by atoms with E-state index in [1.165, 1.54) is 0 Å². The van der Waals surface area contributed by atoms with Gasteiger partial charge in [-0.2, -0.15) is 0 Å². The monoisotopic (exact) mass is 196 g/mol. The van der Waals surface area contributed by atoms with Crippen LogP contribution in [0.1, 0.15) is 15.9 Å². The van der Waals surface area contributed by atoms with Crippen LogP contribution < -0.4 is 5.11 Å². The van der Waals surface area contributed by atoms with Gasteiger partial charge >= 0.3 is 0 Å². The number of benzene rings is 2. The molecule has 3 rings (SSSR count). The summed E-state index contributed by atoms with van der Waals surface area (Å²) in [5.41, 5.74) is 0.831. The molecule has 0 fully saturated rings. The Bertz CT molecular complexity index is 614. The van der Waals surface area contributed by atoms with Crippen molar-refractivity contribution in [3.05, 3.63) is 47.5 Å². The molecule has 1 aliphatic heterocycles. The van der Waals surface area contributed by atoms with Crippen molar-refractivity contribution in [2.24, 2.45) is 4.99 Å². The fourth-order valence-corrected chi connectivity index (χ4v) is 1.81. The van der Waals surface area contributed by atoms with Gasteiger partial charge in [-0.15, -0.1) is 0 Å². The molecule has 15 heavy (non-hydrogen) atoms. The van der Waals surface area contributed by atoms with Crippen LogP contribution in [0.15, 0.2) is 41.4 Å². The van der Waals surface area contributed by atoms with Crippen LogP contribution >= 0.6 is 0 Å². The van der Waals surface area contributed by atoms with Gasteiger partial charge in [0.2, 0.25) is 0 Å². The molecule has 2 aromatic rings. The van der Waals surface area contributed by atoms with Gasteiger partial charge in [-0.1, -0.05) is 24.3 Å². The van der Waals surface area contributed by atoms with E-state index in [2.05, 4.69) is 4.99 Å². The van der Waals surface area contributed by atoms with Gasteiger partial charge < -0.3 is 5.11 Å². The number of rotatable bonds is 0. The molecule has 1 heterocycles. The number of carbonyl (C=O) groups is 1. The van der Waals surface area contributed by atoms with Gasteiger partial charge in [-0.25, -0.2) is 4.99 Å². The topological polar surface area (TPSA) is 52.5 Å². The van der Waals surface area contributed by atoms with Crippen LogP contribution in [-0.2, 0) is 0 Å². The summed E-state index contributed by atoms with van der Waals surface area (Å²) in [7, 11) is 0. The minimum Gasteiger partial charge on any atom is -0.858 e. The Hall–Kier alpha value is -2.16. The molecule has 1 amide bonds. The van der Waals surface area contributed by atoms with Gasteiger partial charge in [0.1, 0.15) is 0 Å². The van der Waals surface area contributed by atoms with Crippen molar-refractivity contribution in [3.8, 4) is 0 Å². The van der Waals surface area contributed by atoms with Gasteiger partial charge in [-0.05, 0) is 34.4 Å². The smallest absolute Gasteiger partial charge is 0.277 e. The SMILES string of the molecule is O=C1N=C([O-])c2cc3ccccc3cc21. The molecule has 2 aromatic carbocycles. The highest BCUT2D eigenvalue weighted by molar-refractivity contribution is 6.19. The van der Waals surface area contributed by atoms with E-state index in [0.717, 1.165) is 10.8 Å². The van der Waals surface area contributed by atoms with Crippen LogP contribution in [0.25, 0.3) is 10.8 Å². The number of aliphatic imine (C=N–C) groups is 1. The van der Waals surface area contributed by atoms with E-state index >= 15 is 0 Å². The van der Waals surface area contributed by atoms with E-state index in [-0.39, 0.29) is 0 Å². The quantitative estimate of drug-likeness (QED) is 0.633. The fourth-order valence-electron chi connectivity index (χ4n) is 1.81. The standard InChI is InChI=1S/C12H7NO2/c14-11-9-5-7-3-1-2-4-8(7)6-10(9)12(15)13-11/h1-6H,(H,13,14,15)/p-1. The Kier molecular flexibility index (Phi) is 1.45. The third-order valence-electron chi connectivity index (χ3n) is 2.55. The van der Waals surface area contributed by atoms with E-state index in [1.54, 1.807) is 12.1 Å². The summed E-state index contributed by atoms with van der Waals surface area (Å²) in [6.45, 7) is 0. The normalized spacial score (nSPS) is 14.1. The van der Waals surface area contributed by atoms with Crippen molar-refractivity contribution in [3.63, 3.8) is 0 Å². The van der Waals surface area contributed by atoms with Gasteiger partial charge in [0, 0.05) is 0 Å². The van der Waals surface area contributed by atoms with Gasteiger partial charge in [0.25, 0.3) is 5.91 Å². The molecule has 0 saturated heterocycles. The minimum absolute atomic E-state index is 0.415. The van der Waals surface area contributed by atoms with E-state index in [0.29, 0.717) is 11.1 Å². The van der Waals surface area contributed by atoms with Crippen LogP contribution in [0.2, 0.25) is 0 Å². The summed E-state index contributed by atoms with van der Waals surface area (Å²) in [5.74, 6) is -0.860. The van der Waals surface area contributed by atoms with Crippen molar-refractivity contribution in [1.29, 1.82) is 0 Å². The molecule has 72 valence electrons. The second kappa shape index (κ2) is 2.67. The van der Waals surface area contributed by atoms with Crippen LogP contribution in [0.3, 0.4) is 0 Å². The molecule has 0 unspecified atom stereocenters. The van der Waals surface area contributed by atoms with E-state index < -0.39 is 11.8 Å². The summed E-state index contributed by atoms with van der Waals surface area (Å²) in [5, 5.41) is 13.2. The predicted molar refractivity (Wildman–Crippen MR) is 54.8 cm³/mol. The molecule has 0 radical (unpaired) electrons. The number of amides is 1. The lowest BCUT2D eigenvalue weighted by Crippen LogP contribution is -2.16. The third kappa shape index (κ3) is 1.06. The first kappa shape index (κ1) is 8.17. The molecule has 3 nitrogen and oxygen atoms in total. The van der Waals surface area contributed by atoms with Crippen LogP contribution in [-0.4, -0.2) is 11.8 Å². The molecule has 0 spiro atoms. The Labute approximate surface area is 85.7 Å². The molecular weight excluding hydrogens is 190 g/mol. The Balaban J connectivity index is 2.41. The predicted octanol–water partition coefficient (Wildman–Crippen LogP) is 1.10. The number of hydrogen-bond acceptors (Lipinski definition) is 2. The second-order valence-electron chi connectivity index (χ2n) is 3.47. The Morgan fingerprint density at radius 2 is 1.60 bits per heavy atom. The van der Waals surface area contributed by atoms with Gasteiger partial charge in [0.15, 0.2) is 0 Å². The Morgan fingerprint density at radius 3 is 2.27 bits per heavy atom. The third-order valence-corrected chi connectivity index (χ3v) is 2.55. The zero-order chi connectivity index (χ0) is 10.4. The van der Waals surface area contributed by atoms with Crippen LogP contribution in [0, 0.1) is 0 Å². The number of nitrogens with zero attached hydrogens (tertiary/aromatic N) is 1. The summed E-state index contributed by atoms with van der Waals surface area (Å²) in [6.07, 6.45) is 0. The molecule has 3 heteroatoms. The van der Waals surface area contributed by atoms with Crippen LogP contribution in [0.5, 0.6) is 0 Å². The number of hydrogen-bond donors (Lipinski definition) is 0. The van der Waals surface area contributed by atoms with Crippen molar-refractivity contribution >= 4 is 22.6 Å². The first-order valence-corrected chi connectivity index (χ1v) is 4.59. The van der Waals surface area contributed by atoms with Crippen molar-refractivity contribution < 1.29 is 9.90 Å². The van der Waals surface area contributed by atoms with E-state index in [9.17, 15) is 9.90 Å². The molecule has 0 saturated carbocycles. The maximum atomic E-state index is 11.3. The van der Waals surface area contributed by atoms with Crippen LogP contribution in [0.4, 0.5) is 0 Å². The lowest BCUT2D eigenvalue weighted by atomic mass is 10.0. The summed E-state index contributed by atoms with van der Waals surface area (Å²) in [4.78, 5) is 14.7. The first-order valence-electron chi connectivity index (χ1n) is 4.59. The lowest BCUT2D eigenvalue weighted by Gasteiger charge is -2.06.